The van der Waals surface area contributed by atoms with Gasteiger partial charge in [0.05, 0.1) is 0 Å². The predicted molar refractivity (Wildman–Crippen MR) is 78.1 cm³/mol. The number of hydrogen-bond donors (Lipinski definition) is 1. The Morgan fingerprint density at radius 1 is 1.00 bits per heavy atom. The molecule has 1 N–H and O–H groups in total. The summed E-state index contributed by atoms with van der Waals surface area (Å²) in [4.78, 5) is 0. The van der Waals surface area contributed by atoms with E-state index in [0.29, 0.717) is 11.5 Å². The second-order valence-electron chi connectivity index (χ2n) is 5.89. The molecule has 3 rings (SSSR count). The van der Waals surface area contributed by atoms with E-state index in [1.807, 2.05) is 18.2 Å². The van der Waals surface area contributed by atoms with Crippen LogP contribution in [0.25, 0.3) is 0 Å². The minimum absolute atomic E-state index is 0.0192. The van der Waals surface area contributed by atoms with Crippen molar-refractivity contribution in [1.82, 2.24) is 0 Å². The Morgan fingerprint density at radius 2 is 1.67 bits per heavy atom. The Kier molecular flexibility index (Phi) is 3.54. The Bertz CT molecular complexity index is 660. The molecule has 2 aromatic carbocycles. The first-order valence-corrected chi connectivity index (χ1v) is 7.28. The molecule has 1 fully saturated rings. The molecule has 0 bridgehead atoms. The zero-order valence-corrected chi connectivity index (χ0v) is 11.9. The van der Waals surface area contributed by atoms with Gasteiger partial charge in [-0.15, -0.1) is 0 Å². The van der Waals surface area contributed by atoms with Gasteiger partial charge >= 0.3 is 0 Å². The van der Waals surface area contributed by atoms with E-state index in [0.717, 1.165) is 24.5 Å². The molecule has 0 heterocycles. The van der Waals surface area contributed by atoms with Crippen LogP contribution >= 0.6 is 0 Å². The third kappa shape index (κ3) is 2.36. The Balaban J connectivity index is 2.12. The maximum absolute atomic E-state index is 14.1. The normalized spacial score (nSPS) is 18.1. The molecule has 1 atom stereocenters. The van der Waals surface area contributed by atoms with E-state index >= 15 is 0 Å². The molecule has 0 spiro atoms. The number of halogens is 2. The molecular formula is C18H18F2O. The molecule has 0 amide bonds. The topological polar surface area (TPSA) is 20.2 Å². The van der Waals surface area contributed by atoms with Crippen molar-refractivity contribution in [3.8, 4) is 0 Å². The summed E-state index contributed by atoms with van der Waals surface area (Å²) in [6, 6.07) is 11.5. The third-order valence-electron chi connectivity index (χ3n) is 4.51. The Labute approximate surface area is 123 Å². The van der Waals surface area contributed by atoms with Crippen molar-refractivity contribution < 1.29 is 13.9 Å². The molecular weight excluding hydrogens is 270 g/mol. The van der Waals surface area contributed by atoms with Crippen molar-refractivity contribution in [2.45, 2.75) is 37.7 Å². The van der Waals surface area contributed by atoms with Gasteiger partial charge in [-0.1, -0.05) is 42.8 Å². The van der Waals surface area contributed by atoms with Gasteiger partial charge in [0, 0.05) is 5.56 Å². The first-order chi connectivity index (χ1) is 10.0. The van der Waals surface area contributed by atoms with E-state index < -0.39 is 17.2 Å². The highest BCUT2D eigenvalue weighted by Gasteiger charge is 2.34. The molecule has 1 saturated carbocycles. The molecule has 110 valence electrons. The quantitative estimate of drug-likeness (QED) is 0.882. The van der Waals surface area contributed by atoms with E-state index in [4.69, 9.17) is 0 Å². The fraction of sp³-hybridized carbons (Fsp3) is 0.333. The van der Waals surface area contributed by atoms with Crippen LogP contribution in [-0.4, -0.2) is 5.11 Å². The average Bonchev–Trinajstić information content (AvgIpc) is 2.40. The minimum Gasteiger partial charge on any atom is -0.381 e. The maximum Gasteiger partial charge on any atom is 0.165 e. The van der Waals surface area contributed by atoms with Gasteiger partial charge in [-0.2, -0.15) is 0 Å². The van der Waals surface area contributed by atoms with Crippen LogP contribution in [0.5, 0.6) is 0 Å². The average molecular weight is 288 g/mol. The summed E-state index contributed by atoms with van der Waals surface area (Å²) in [6.45, 7) is 1.53. The van der Waals surface area contributed by atoms with E-state index in [1.165, 1.54) is 25.5 Å². The maximum atomic E-state index is 14.1. The summed E-state index contributed by atoms with van der Waals surface area (Å²) in [7, 11) is 0. The lowest BCUT2D eigenvalue weighted by molar-refractivity contribution is 0.0949. The van der Waals surface area contributed by atoms with E-state index in [2.05, 4.69) is 0 Å². The minimum atomic E-state index is -1.54. The van der Waals surface area contributed by atoms with Crippen LogP contribution < -0.4 is 0 Å². The zero-order valence-electron chi connectivity index (χ0n) is 11.9. The van der Waals surface area contributed by atoms with Gasteiger partial charge in [-0.3, -0.25) is 0 Å². The van der Waals surface area contributed by atoms with Crippen molar-refractivity contribution in [3.63, 3.8) is 0 Å². The number of aliphatic hydroxyl groups is 1. The van der Waals surface area contributed by atoms with Gasteiger partial charge < -0.3 is 5.11 Å². The highest BCUT2D eigenvalue weighted by molar-refractivity contribution is 5.43. The van der Waals surface area contributed by atoms with Crippen LogP contribution in [0.1, 0.15) is 48.8 Å². The highest BCUT2D eigenvalue weighted by atomic mass is 19.2. The first kappa shape index (κ1) is 14.2. The molecule has 3 heteroatoms. The molecule has 1 nitrogen and oxygen atoms in total. The lowest BCUT2D eigenvalue weighted by atomic mass is 9.74. The summed E-state index contributed by atoms with van der Waals surface area (Å²) >= 11 is 0. The van der Waals surface area contributed by atoms with Gasteiger partial charge in [0.1, 0.15) is 5.60 Å². The van der Waals surface area contributed by atoms with Gasteiger partial charge in [-0.25, -0.2) is 8.78 Å². The smallest absolute Gasteiger partial charge is 0.165 e. The summed E-state index contributed by atoms with van der Waals surface area (Å²) in [5, 5.41) is 10.9. The second-order valence-corrected chi connectivity index (χ2v) is 5.89. The predicted octanol–water partition coefficient (Wildman–Crippen LogP) is 4.49. The molecule has 21 heavy (non-hydrogen) atoms. The molecule has 0 radical (unpaired) electrons. The Hall–Kier alpha value is -1.74. The molecule has 1 aliphatic carbocycles. The fourth-order valence-electron chi connectivity index (χ4n) is 3.04. The highest BCUT2D eigenvalue weighted by Crippen LogP contribution is 2.42. The monoisotopic (exact) mass is 288 g/mol. The first-order valence-electron chi connectivity index (χ1n) is 7.28. The molecule has 0 aliphatic heterocycles. The molecule has 1 aliphatic rings. The molecule has 1 unspecified atom stereocenters. The van der Waals surface area contributed by atoms with Crippen molar-refractivity contribution in [1.29, 1.82) is 0 Å². The molecule has 0 saturated heterocycles. The van der Waals surface area contributed by atoms with Crippen LogP contribution in [0.15, 0.2) is 42.5 Å². The van der Waals surface area contributed by atoms with Gasteiger partial charge in [0.2, 0.25) is 0 Å². The second kappa shape index (κ2) is 5.23. The SMILES string of the molecule is CC(O)(c1ccccc1C1CCC1)c1cccc(F)c1F. The van der Waals surface area contributed by atoms with Crippen LogP contribution in [0.4, 0.5) is 8.78 Å². The zero-order chi connectivity index (χ0) is 15.0. The lowest BCUT2D eigenvalue weighted by Gasteiger charge is -2.33. The lowest BCUT2D eigenvalue weighted by Crippen LogP contribution is -2.28. The fourth-order valence-corrected chi connectivity index (χ4v) is 3.04. The number of benzene rings is 2. The van der Waals surface area contributed by atoms with Crippen LogP contribution in [0.2, 0.25) is 0 Å². The summed E-state index contributed by atoms with van der Waals surface area (Å²) in [6.07, 6.45) is 3.34. The van der Waals surface area contributed by atoms with Gasteiger partial charge in [0.25, 0.3) is 0 Å². The van der Waals surface area contributed by atoms with Crippen molar-refractivity contribution in [3.05, 3.63) is 70.8 Å². The summed E-state index contributed by atoms with van der Waals surface area (Å²) in [5.74, 6) is -1.51. The molecule has 0 aromatic heterocycles. The van der Waals surface area contributed by atoms with Gasteiger partial charge in [-0.05, 0) is 42.9 Å². The van der Waals surface area contributed by atoms with Crippen LogP contribution in [0, 0.1) is 11.6 Å². The third-order valence-corrected chi connectivity index (χ3v) is 4.51. The van der Waals surface area contributed by atoms with E-state index in [-0.39, 0.29) is 5.56 Å². The standard InChI is InChI=1S/C18H18F2O/c1-18(21,15-10-5-11-16(19)17(15)20)14-9-3-2-8-13(14)12-6-4-7-12/h2-3,5,8-12,21H,4,6-7H2,1H3. The van der Waals surface area contributed by atoms with Crippen molar-refractivity contribution in [2.75, 3.05) is 0 Å². The van der Waals surface area contributed by atoms with Gasteiger partial charge in [0.15, 0.2) is 11.6 Å². The van der Waals surface area contributed by atoms with Crippen LogP contribution in [0.3, 0.4) is 0 Å². The summed E-state index contributed by atoms with van der Waals surface area (Å²) in [5.41, 5.74) is 0.143. The summed E-state index contributed by atoms with van der Waals surface area (Å²) < 4.78 is 27.6. The van der Waals surface area contributed by atoms with Crippen LogP contribution in [-0.2, 0) is 5.60 Å². The van der Waals surface area contributed by atoms with E-state index in [9.17, 15) is 13.9 Å². The number of hydrogen-bond acceptors (Lipinski definition) is 1. The van der Waals surface area contributed by atoms with Crippen molar-refractivity contribution in [2.24, 2.45) is 0 Å². The Morgan fingerprint density at radius 3 is 2.33 bits per heavy atom. The largest absolute Gasteiger partial charge is 0.381 e. The van der Waals surface area contributed by atoms with Crippen molar-refractivity contribution >= 4 is 0 Å². The molecule has 2 aromatic rings. The number of rotatable bonds is 3. The van der Waals surface area contributed by atoms with E-state index in [1.54, 1.807) is 6.07 Å².